The molecule has 3 unspecified atom stereocenters. The zero-order valence-corrected chi connectivity index (χ0v) is 10.1. The molecule has 2 nitrogen and oxygen atoms in total. The molecule has 0 aromatic heterocycles. The molecule has 16 heavy (non-hydrogen) atoms. The quantitative estimate of drug-likeness (QED) is 0.819. The minimum Gasteiger partial charge on any atom is -0.395 e. The Morgan fingerprint density at radius 1 is 1.31 bits per heavy atom. The molecule has 1 aliphatic carbocycles. The smallest absolute Gasteiger partial charge is 0.0582 e. The normalized spacial score (nSPS) is 26.2. The molecule has 1 aromatic carbocycles. The lowest BCUT2D eigenvalue weighted by Crippen LogP contribution is -2.35. The van der Waals surface area contributed by atoms with Gasteiger partial charge in [-0.15, -0.1) is 0 Å². The molecule has 1 aliphatic rings. The van der Waals surface area contributed by atoms with Gasteiger partial charge in [0.05, 0.1) is 6.61 Å². The summed E-state index contributed by atoms with van der Waals surface area (Å²) in [5.41, 5.74) is 2.89. The van der Waals surface area contributed by atoms with Crippen molar-refractivity contribution in [2.75, 3.05) is 6.61 Å². The van der Waals surface area contributed by atoms with Crippen molar-refractivity contribution in [1.29, 1.82) is 0 Å². The van der Waals surface area contributed by atoms with Crippen LogP contribution in [0, 0.1) is 0 Å². The number of hydrogen-bond donors (Lipinski definition) is 2. The first-order valence-electron chi connectivity index (χ1n) is 6.18. The average Bonchev–Trinajstić information content (AvgIpc) is 2.33. The van der Waals surface area contributed by atoms with Crippen molar-refractivity contribution in [3.63, 3.8) is 0 Å². The number of rotatable bonds is 3. The van der Waals surface area contributed by atoms with Gasteiger partial charge in [0.15, 0.2) is 0 Å². The molecule has 2 rings (SSSR count). The van der Waals surface area contributed by atoms with Crippen molar-refractivity contribution in [2.24, 2.45) is 0 Å². The van der Waals surface area contributed by atoms with E-state index in [2.05, 4.69) is 36.5 Å². The van der Waals surface area contributed by atoms with Crippen LogP contribution in [-0.4, -0.2) is 17.8 Å². The second kappa shape index (κ2) is 4.98. The molecule has 0 amide bonds. The van der Waals surface area contributed by atoms with Crippen LogP contribution in [0.5, 0.6) is 0 Å². The number of fused-ring (bicyclic) bond motifs is 1. The van der Waals surface area contributed by atoms with Crippen LogP contribution in [0.3, 0.4) is 0 Å². The Balaban J connectivity index is 2.21. The molecule has 2 N–H and O–H groups in total. The third-order valence-corrected chi connectivity index (χ3v) is 3.55. The standard InChI is InChI=1S/C14H21NO/c1-10-7-8-14(15-11(2)9-16)13-6-4-3-5-12(10)13/h3-6,10-11,14-16H,7-9H2,1-2H3. The van der Waals surface area contributed by atoms with Gasteiger partial charge in [0.2, 0.25) is 0 Å². The lowest BCUT2D eigenvalue weighted by molar-refractivity contribution is 0.235. The molecule has 2 heteroatoms. The first-order chi connectivity index (χ1) is 7.72. The van der Waals surface area contributed by atoms with E-state index in [1.165, 1.54) is 24.0 Å². The van der Waals surface area contributed by atoms with Crippen LogP contribution in [0.15, 0.2) is 24.3 Å². The molecule has 0 spiro atoms. The Morgan fingerprint density at radius 2 is 2.00 bits per heavy atom. The van der Waals surface area contributed by atoms with Gasteiger partial charge in [0.1, 0.15) is 0 Å². The zero-order valence-electron chi connectivity index (χ0n) is 10.1. The summed E-state index contributed by atoms with van der Waals surface area (Å²) in [6.45, 7) is 4.53. The fourth-order valence-electron chi connectivity index (χ4n) is 2.57. The number of nitrogens with one attached hydrogen (secondary N) is 1. The van der Waals surface area contributed by atoms with Crippen molar-refractivity contribution >= 4 is 0 Å². The topological polar surface area (TPSA) is 32.3 Å². The highest BCUT2D eigenvalue weighted by Crippen LogP contribution is 2.37. The summed E-state index contributed by atoms with van der Waals surface area (Å²) in [6.07, 6.45) is 2.40. The van der Waals surface area contributed by atoms with E-state index in [4.69, 9.17) is 5.11 Å². The van der Waals surface area contributed by atoms with Gasteiger partial charge in [0.25, 0.3) is 0 Å². The molecule has 0 heterocycles. The van der Waals surface area contributed by atoms with E-state index in [9.17, 15) is 0 Å². The van der Waals surface area contributed by atoms with Gasteiger partial charge in [-0.2, -0.15) is 0 Å². The summed E-state index contributed by atoms with van der Waals surface area (Å²) < 4.78 is 0. The lowest BCUT2D eigenvalue weighted by atomic mass is 9.81. The van der Waals surface area contributed by atoms with Crippen LogP contribution >= 0.6 is 0 Å². The Labute approximate surface area is 97.7 Å². The summed E-state index contributed by atoms with van der Waals surface area (Å²) in [6, 6.07) is 9.26. The van der Waals surface area contributed by atoms with E-state index < -0.39 is 0 Å². The lowest BCUT2D eigenvalue weighted by Gasteiger charge is -2.32. The van der Waals surface area contributed by atoms with Crippen molar-refractivity contribution < 1.29 is 5.11 Å². The van der Waals surface area contributed by atoms with Gasteiger partial charge in [-0.25, -0.2) is 0 Å². The molecule has 1 aromatic rings. The van der Waals surface area contributed by atoms with Gasteiger partial charge in [-0.05, 0) is 36.8 Å². The molecule has 0 fully saturated rings. The first kappa shape index (κ1) is 11.6. The number of aliphatic hydroxyl groups excluding tert-OH is 1. The van der Waals surface area contributed by atoms with Crippen LogP contribution in [-0.2, 0) is 0 Å². The molecule has 0 saturated carbocycles. The number of aliphatic hydroxyl groups is 1. The fourth-order valence-corrected chi connectivity index (χ4v) is 2.57. The van der Waals surface area contributed by atoms with E-state index >= 15 is 0 Å². The Morgan fingerprint density at radius 3 is 2.69 bits per heavy atom. The van der Waals surface area contributed by atoms with Crippen LogP contribution in [0.1, 0.15) is 49.8 Å². The highest BCUT2D eigenvalue weighted by Gasteiger charge is 2.24. The van der Waals surface area contributed by atoms with E-state index in [-0.39, 0.29) is 12.6 Å². The second-order valence-electron chi connectivity index (χ2n) is 4.91. The van der Waals surface area contributed by atoms with E-state index in [1.807, 2.05) is 6.92 Å². The van der Waals surface area contributed by atoms with Gasteiger partial charge in [-0.3, -0.25) is 0 Å². The molecular formula is C14H21NO. The van der Waals surface area contributed by atoms with Gasteiger partial charge in [0, 0.05) is 12.1 Å². The monoisotopic (exact) mass is 219 g/mol. The van der Waals surface area contributed by atoms with Gasteiger partial charge in [-0.1, -0.05) is 31.2 Å². The fraction of sp³-hybridized carbons (Fsp3) is 0.571. The molecule has 0 radical (unpaired) electrons. The van der Waals surface area contributed by atoms with Crippen LogP contribution < -0.4 is 5.32 Å². The molecule has 0 aliphatic heterocycles. The maximum absolute atomic E-state index is 9.10. The second-order valence-corrected chi connectivity index (χ2v) is 4.91. The van der Waals surface area contributed by atoms with Crippen LogP contribution in [0.25, 0.3) is 0 Å². The van der Waals surface area contributed by atoms with Gasteiger partial charge >= 0.3 is 0 Å². The van der Waals surface area contributed by atoms with Crippen molar-refractivity contribution in [2.45, 2.75) is 44.7 Å². The molecule has 0 saturated heterocycles. The highest BCUT2D eigenvalue weighted by atomic mass is 16.3. The van der Waals surface area contributed by atoms with Crippen molar-refractivity contribution in [3.8, 4) is 0 Å². The van der Waals surface area contributed by atoms with Gasteiger partial charge < -0.3 is 10.4 Å². The SMILES string of the molecule is CC(CO)NC1CCC(C)c2ccccc21. The summed E-state index contributed by atoms with van der Waals surface area (Å²) in [7, 11) is 0. The molecule has 3 atom stereocenters. The average molecular weight is 219 g/mol. The number of hydrogen-bond acceptors (Lipinski definition) is 2. The third-order valence-electron chi connectivity index (χ3n) is 3.55. The van der Waals surface area contributed by atoms with Crippen molar-refractivity contribution in [1.82, 2.24) is 5.32 Å². The zero-order chi connectivity index (χ0) is 11.5. The largest absolute Gasteiger partial charge is 0.395 e. The molecular weight excluding hydrogens is 198 g/mol. The molecule has 0 bridgehead atoms. The third kappa shape index (κ3) is 2.28. The predicted molar refractivity (Wildman–Crippen MR) is 66.5 cm³/mol. The maximum atomic E-state index is 9.10. The highest BCUT2D eigenvalue weighted by molar-refractivity contribution is 5.34. The van der Waals surface area contributed by atoms with Crippen LogP contribution in [0.2, 0.25) is 0 Å². The van der Waals surface area contributed by atoms with E-state index in [0.29, 0.717) is 12.0 Å². The Bertz CT molecular complexity index is 350. The van der Waals surface area contributed by atoms with E-state index in [1.54, 1.807) is 0 Å². The summed E-state index contributed by atoms with van der Waals surface area (Å²) in [5.74, 6) is 0.665. The minimum absolute atomic E-state index is 0.173. The summed E-state index contributed by atoms with van der Waals surface area (Å²) >= 11 is 0. The minimum atomic E-state index is 0.173. The van der Waals surface area contributed by atoms with E-state index in [0.717, 1.165) is 0 Å². The first-order valence-corrected chi connectivity index (χ1v) is 6.18. The van der Waals surface area contributed by atoms with Crippen LogP contribution in [0.4, 0.5) is 0 Å². The summed E-state index contributed by atoms with van der Waals surface area (Å²) in [4.78, 5) is 0. The predicted octanol–water partition coefficient (Wildman–Crippen LogP) is 2.60. The molecule has 88 valence electrons. The maximum Gasteiger partial charge on any atom is 0.0582 e. The summed E-state index contributed by atoms with van der Waals surface area (Å²) in [5, 5.41) is 12.6. The number of benzene rings is 1. The Hall–Kier alpha value is -0.860. The van der Waals surface area contributed by atoms with Crippen molar-refractivity contribution in [3.05, 3.63) is 35.4 Å². The Kier molecular flexibility index (Phi) is 3.62.